The molecule has 1 heterocycles. The minimum absolute atomic E-state index is 0.116. The second kappa shape index (κ2) is 2.35. The van der Waals surface area contributed by atoms with E-state index in [0.717, 1.165) is 18.6 Å². The zero-order valence-corrected chi connectivity index (χ0v) is 7.98. The van der Waals surface area contributed by atoms with E-state index in [1.54, 1.807) is 0 Å². The lowest BCUT2D eigenvalue weighted by Gasteiger charge is -2.14. The van der Waals surface area contributed by atoms with Crippen LogP contribution in [-0.4, -0.2) is 5.16 Å². The van der Waals surface area contributed by atoms with Gasteiger partial charge in [0.1, 0.15) is 5.76 Å². The van der Waals surface area contributed by atoms with Crippen molar-refractivity contribution in [2.45, 2.75) is 45.4 Å². The maximum atomic E-state index is 5.35. The lowest BCUT2D eigenvalue weighted by Crippen LogP contribution is -2.11. The van der Waals surface area contributed by atoms with Crippen LogP contribution in [0.4, 0.5) is 0 Å². The maximum Gasteiger partial charge on any atom is 0.145 e. The van der Waals surface area contributed by atoms with Crippen LogP contribution in [-0.2, 0) is 18.3 Å². The first kappa shape index (κ1) is 7.84. The number of fused-ring (bicyclic) bond motifs is 1. The molecule has 1 aliphatic rings. The van der Waals surface area contributed by atoms with Gasteiger partial charge in [-0.15, -0.1) is 0 Å². The van der Waals surface area contributed by atoms with E-state index in [9.17, 15) is 0 Å². The zero-order chi connectivity index (χ0) is 8.77. The average Bonchev–Trinajstić information content (AvgIpc) is 2.37. The van der Waals surface area contributed by atoms with Crippen molar-refractivity contribution >= 4 is 0 Å². The van der Waals surface area contributed by atoms with Gasteiger partial charge >= 0.3 is 0 Å². The predicted octanol–water partition coefficient (Wildman–Crippen LogP) is 2.46. The number of hydrogen-bond donors (Lipinski definition) is 0. The van der Waals surface area contributed by atoms with E-state index < -0.39 is 0 Å². The summed E-state index contributed by atoms with van der Waals surface area (Å²) in [6.07, 6.45) is 3.51. The van der Waals surface area contributed by atoms with E-state index in [-0.39, 0.29) is 5.41 Å². The van der Waals surface area contributed by atoms with Gasteiger partial charge in [0.05, 0.1) is 5.69 Å². The molecule has 0 N–H and O–H groups in total. The molecular formula is C10H15NO. The van der Waals surface area contributed by atoms with Gasteiger partial charge in [-0.1, -0.05) is 25.9 Å². The Kier molecular flexibility index (Phi) is 1.53. The third-order valence-corrected chi connectivity index (χ3v) is 2.39. The molecule has 0 aromatic carbocycles. The van der Waals surface area contributed by atoms with Crippen molar-refractivity contribution in [3.05, 3.63) is 17.0 Å². The molecule has 1 aromatic heterocycles. The Morgan fingerprint density at radius 2 is 2.00 bits per heavy atom. The van der Waals surface area contributed by atoms with Crippen molar-refractivity contribution in [2.75, 3.05) is 0 Å². The lowest BCUT2D eigenvalue weighted by molar-refractivity contribution is 0.321. The number of aromatic nitrogens is 1. The number of rotatable bonds is 0. The van der Waals surface area contributed by atoms with Gasteiger partial charge in [0.2, 0.25) is 0 Å². The standard InChI is InChI=1S/C10H15NO/c1-10(2,3)9-7-5-4-6-8(7)11-12-9/h4-6H2,1-3H3. The van der Waals surface area contributed by atoms with Crippen LogP contribution < -0.4 is 0 Å². The minimum Gasteiger partial charge on any atom is -0.360 e. The zero-order valence-electron chi connectivity index (χ0n) is 7.98. The predicted molar refractivity (Wildman–Crippen MR) is 47.2 cm³/mol. The Morgan fingerprint density at radius 1 is 1.25 bits per heavy atom. The molecule has 12 heavy (non-hydrogen) atoms. The van der Waals surface area contributed by atoms with Crippen LogP contribution in [0.1, 0.15) is 44.2 Å². The van der Waals surface area contributed by atoms with Crippen molar-refractivity contribution in [3.8, 4) is 0 Å². The fourth-order valence-electron chi connectivity index (χ4n) is 1.82. The largest absolute Gasteiger partial charge is 0.360 e. The van der Waals surface area contributed by atoms with E-state index in [0.29, 0.717) is 0 Å². The van der Waals surface area contributed by atoms with E-state index in [1.165, 1.54) is 17.7 Å². The van der Waals surface area contributed by atoms with Crippen molar-refractivity contribution < 1.29 is 4.52 Å². The Labute approximate surface area is 72.9 Å². The molecule has 0 atom stereocenters. The molecule has 66 valence electrons. The van der Waals surface area contributed by atoms with Crippen molar-refractivity contribution in [3.63, 3.8) is 0 Å². The Hall–Kier alpha value is -0.790. The molecule has 2 rings (SSSR count). The van der Waals surface area contributed by atoms with Crippen molar-refractivity contribution in [2.24, 2.45) is 0 Å². The molecule has 0 fully saturated rings. The van der Waals surface area contributed by atoms with Crippen LogP contribution in [0.5, 0.6) is 0 Å². The summed E-state index contributed by atoms with van der Waals surface area (Å²) in [6.45, 7) is 6.52. The molecule has 1 aliphatic carbocycles. The molecule has 0 saturated carbocycles. The van der Waals surface area contributed by atoms with Gasteiger partial charge in [0.25, 0.3) is 0 Å². The highest BCUT2D eigenvalue weighted by atomic mass is 16.5. The quantitative estimate of drug-likeness (QED) is 0.590. The molecule has 0 aliphatic heterocycles. The van der Waals surface area contributed by atoms with Crippen LogP contribution in [0.15, 0.2) is 4.52 Å². The van der Waals surface area contributed by atoms with E-state index in [1.807, 2.05) is 0 Å². The summed E-state index contributed by atoms with van der Waals surface area (Å²) in [5.74, 6) is 1.09. The number of hydrogen-bond acceptors (Lipinski definition) is 2. The van der Waals surface area contributed by atoms with Crippen molar-refractivity contribution in [1.82, 2.24) is 5.16 Å². The van der Waals surface area contributed by atoms with Crippen molar-refractivity contribution in [1.29, 1.82) is 0 Å². The van der Waals surface area contributed by atoms with Crippen LogP contribution in [0.25, 0.3) is 0 Å². The summed E-state index contributed by atoms with van der Waals surface area (Å²) in [7, 11) is 0. The van der Waals surface area contributed by atoms with E-state index >= 15 is 0 Å². The summed E-state index contributed by atoms with van der Waals surface area (Å²) in [5, 5.41) is 4.09. The number of aryl methyl sites for hydroxylation is 1. The summed E-state index contributed by atoms with van der Waals surface area (Å²) in [5.41, 5.74) is 2.69. The molecule has 2 heteroatoms. The third-order valence-electron chi connectivity index (χ3n) is 2.39. The molecule has 0 amide bonds. The topological polar surface area (TPSA) is 26.0 Å². The SMILES string of the molecule is CC(C)(C)c1onc2c1CCC2. The molecular weight excluding hydrogens is 150 g/mol. The van der Waals surface area contributed by atoms with Gasteiger partial charge in [0, 0.05) is 11.0 Å². The Balaban J connectivity index is 2.46. The molecule has 0 radical (unpaired) electrons. The monoisotopic (exact) mass is 165 g/mol. The first-order valence-electron chi connectivity index (χ1n) is 4.57. The smallest absolute Gasteiger partial charge is 0.145 e. The van der Waals surface area contributed by atoms with Crippen LogP contribution in [0.2, 0.25) is 0 Å². The van der Waals surface area contributed by atoms with Crippen LogP contribution in [0.3, 0.4) is 0 Å². The Morgan fingerprint density at radius 3 is 2.67 bits per heavy atom. The second-order valence-electron chi connectivity index (χ2n) is 4.54. The first-order valence-corrected chi connectivity index (χ1v) is 4.57. The fourth-order valence-corrected chi connectivity index (χ4v) is 1.82. The maximum absolute atomic E-state index is 5.35. The molecule has 0 unspecified atom stereocenters. The first-order chi connectivity index (χ1) is 5.59. The summed E-state index contributed by atoms with van der Waals surface area (Å²) < 4.78 is 5.35. The number of nitrogens with zero attached hydrogens (tertiary/aromatic N) is 1. The Bertz CT molecular complexity index is 293. The fraction of sp³-hybridized carbons (Fsp3) is 0.700. The van der Waals surface area contributed by atoms with Gasteiger partial charge in [-0.25, -0.2) is 0 Å². The van der Waals surface area contributed by atoms with Gasteiger partial charge < -0.3 is 4.52 Å². The van der Waals surface area contributed by atoms with Crippen LogP contribution >= 0.6 is 0 Å². The summed E-state index contributed by atoms with van der Waals surface area (Å²) in [6, 6.07) is 0. The molecule has 0 spiro atoms. The second-order valence-corrected chi connectivity index (χ2v) is 4.54. The van der Waals surface area contributed by atoms with Gasteiger partial charge in [-0.05, 0) is 19.3 Å². The van der Waals surface area contributed by atoms with Gasteiger partial charge in [0.15, 0.2) is 0 Å². The third kappa shape index (κ3) is 1.06. The highest BCUT2D eigenvalue weighted by Crippen LogP contribution is 2.32. The van der Waals surface area contributed by atoms with Gasteiger partial charge in [-0.3, -0.25) is 0 Å². The lowest BCUT2D eigenvalue weighted by atomic mass is 9.90. The molecule has 0 saturated heterocycles. The molecule has 0 bridgehead atoms. The molecule has 2 nitrogen and oxygen atoms in total. The highest BCUT2D eigenvalue weighted by Gasteiger charge is 2.28. The summed E-state index contributed by atoms with van der Waals surface area (Å²) >= 11 is 0. The van der Waals surface area contributed by atoms with Crippen LogP contribution in [0, 0.1) is 0 Å². The average molecular weight is 165 g/mol. The summed E-state index contributed by atoms with van der Waals surface area (Å²) in [4.78, 5) is 0. The minimum atomic E-state index is 0.116. The van der Waals surface area contributed by atoms with Gasteiger partial charge in [-0.2, -0.15) is 0 Å². The highest BCUT2D eigenvalue weighted by molar-refractivity contribution is 5.31. The van der Waals surface area contributed by atoms with E-state index in [4.69, 9.17) is 4.52 Å². The normalized spacial score (nSPS) is 16.6. The van der Waals surface area contributed by atoms with E-state index in [2.05, 4.69) is 25.9 Å². The molecule has 1 aromatic rings.